The number of carbonyl (C=O) groups excluding carboxylic acids is 1. The number of ether oxygens (including phenoxy) is 1. The Labute approximate surface area is 109 Å². The summed E-state index contributed by atoms with van der Waals surface area (Å²) in [6.45, 7) is 0.337. The van der Waals surface area contributed by atoms with Gasteiger partial charge in [0, 0.05) is 6.20 Å². The number of halogens is 1. The van der Waals surface area contributed by atoms with Crippen LogP contribution in [0.3, 0.4) is 0 Å². The first-order valence-corrected chi connectivity index (χ1v) is 5.57. The van der Waals surface area contributed by atoms with E-state index < -0.39 is 11.8 Å². The zero-order valence-corrected chi connectivity index (χ0v) is 10.3. The summed E-state index contributed by atoms with van der Waals surface area (Å²) in [7, 11) is 1.28. The summed E-state index contributed by atoms with van der Waals surface area (Å²) in [6.07, 6.45) is 3.02. The van der Waals surface area contributed by atoms with Crippen LogP contribution in [0.2, 0.25) is 0 Å². The third-order valence-electron chi connectivity index (χ3n) is 2.49. The van der Waals surface area contributed by atoms with Crippen LogP contribution in [0.15, 0.2) is 36.8 Å². The highest BCUT2D eigenvalue weighted by atomic mass is 19.1. The summed E-state index contributed by atoms with van der Waals surface area (Å²) in [4.78, 5) is 19.2. The zero-order chi connectivity index (χ0) is 13.7. The van der Waals surface area contributed by atoms with E-state index in [4.69, 9.17) is 0 Å². The van der Waals surface area contributed by atoms with Gasteiger partial charge < -0.3 is 10.1 Å². The van der Waals surface area contributed by atoms with E-state index in [2.05, 4.69) is 20.0 Å². The lowest BCUT2D eigenvalue weighted by Gasteiger charge is -2.08. The highest BCUT2D eigenvalue weighted by Crippen LogP contribution is 2.17. The molecule has 1 heterocycles. The predicted octanol–water partition coefficient (Wildman–Crippen LogP) is 2.01. The molecule has 0 fully saturated rings. The van der Waals surface area contributed by atoms with Crippen molar-refractivity contribution in [1.29, 1.82) is 0 Å². The molecule has 0 saturated heterocycles. The molecule has 0 aliphatic heterocycles. The molecule has 0 amide bonds. The number of aromatic nitrogens is 2. The van der Waals surface area contributed by atoms with E-state index in [1.165, 1.54) is 31.6 Å². The molecule has 5 nitrogen and oxygen atoms in total. The highest BCUT2D eigenvalue weighted by Gasteiger charge is 2.09. The third-order valence-corrected chi connectivity index (χ3v) is 2.49. The second kappa shape index (κ2) is 5.90. The van der Waals surface area contributed by atoms with Gasteiger partial charge >= 0.3 is 5.97 Å². The van der Waals surface area contributed by atoms with Gasteiger partial charge in [-0.25, -0.2) is 19.2 Å². The van der Waals surface area contributed by atoms with Crippen LogP contribution < -0.4 is 5.32 Å². The van der Waals surface area contributed by atoms with Crippen molar-refractivity contribution in [2.75, 3.05) is 12.4 Å². The van der Waals surface area contributed by atoms with Crippen molar-refractivity contribution < 1.29 is 13.9 Å². The fourth-order valence-electron chi connectivity index (χ4n) is 1.51. The van der Waals surface area contributed by atoms with Crippen LogP contribution >= 0.6 is 0 Å². The minimum atomic E-state index is -0.509. The van der Waals surface area contributed by atoms with Gasteiger partial charge in [0.15, 0.2) is 0 Å². The Hall–Kier alpha value is -2.50. The minimum Gasteiger partial charge on any atom is -0.465 e. The van der Waals surface area contributed by atoms with E-state index in [1.807, 2.05) is 0 Å². The molecule has 0 radical (unpaired) electrons. The summed E-state index contributed by atoms with van der Waals surface area (Å²) in [5, 5.41) is 2.88. The second-order valence-corrected chi connectivity index (χ2v) is 3.74. The molecule has 0 aliphatic carbocycles. The Morgan fingerprint density at radius 1 is 1.42 bits per heavy atom. The summed E-state index contributed by atoms with van der Waals surface area (Å²) in [5.41, 5.74) is 1.23. The SMILES string of the molecule is COC(=O)c1ccc(F)c(NCc2ccncn2)c1. The highest BCUT2D eigenvalue weighted by molar-refractivity contribution is 5.90. The van der Waals surface area contributed by atoms with Gasteiger partial charge in [-0.1, -0.05) is 0 Å². The van der Waals surface area contributed by atoms with Crippen molar-refractivity contribution in [3.63, 3.8) is 0 Å². The van der Waals surface area contributed by atoms with Gasteiger partial charge in [-0.2, -0.15) is 0 Å². The second-order valence-electron chi connectivity index (χ2n) is 3.74. The normalized spacial score (nSPS) is 10.0. The Balaban J connectivity index is 2.13. The van der Waals surface area contributed by atoms with Crippen LogP contribution in [0.25, 0.3) is 0 Å². The lowest BCUT2D eigenvalue weighted by molar-refractivity contribution is 0.0600. The van der Waals surface area contributed by atoms with Crippen LogP contribution in [-0.4, -0.2) is 23.0 Å². The number of esters is 1. The third kappa shape index (κ3) is 3.25. The van der Waals surface area contributed by atoms with Crippen molar-refractivity contribution in [2.45, 2.75) is 6.54 Å². The van der Waals surface area contributed by atoms with E-state index in [1.54, 1.807) is 12.3 Å². The zero-order valence-electron chi connectivity index (χ0n) is 10.3. The molecule has 1 aromatic heterocycles. The average molecular weight is 261 g/mol. The molecule has 2 aromatic rings. The van der Waals surface area contributed by atoms with Crippen molar-refractivity contribution in [3.8, 4) is 0 Å². The van der Waals surface area contributed by atoms with E-state index >= 15 is 0 Å². The van der Waals surface area contributed by atoms with Gasteiger partial charge in [0.05, 0.1) is 30.6 Å². The molecule has 1 N–H and O–H groups in total. The Kier molecular flexibility index (Phi) is 4.02. The number of nitrogens with one attached hydrogen (secondary N) is 1. The standard InChI is InChI=1S/C13H12FN3O2/c1-19-13(18)9-2-3-11(14)12(6-9)16-7-10-4-5-15-8-17-10/h2-6,8,16H,7H2,1H3. The van der Waals surface area contributed by atoms with Gasteiger partial charge in [-0.3, -0.25) is 0 Å². The number of rotatable bonds is 4. The first-order valence-electron chi connectivity index (χ1n) is 5.57. The van der Waals surface area contributed by atoms with E-state index in [-0.39, 0.29) is 11.3 Å². The maximum Gasteiger partial charge on any atom is 0.337 e. The largest absolute Gasteiger partial charge is 0.465 e. The topological polar surface area (TPSA) is 64.1 Å². The first kappa shape index (κ1) is 12.9. The maximum atomic E-state index is 13.6. The molecule has 0 unspecified atom stereocenters. The van der Waals surface area contributed by atoms with E-state index in [0.29, 0.717) is 6.54 Å². The number of anilines is 1. The maximum absolute atomic E-state index is 13.6. The number of nitrogens with zero attached hydrogens (tertiary/aromatic N) is 2. The first-order chi connectivity index (χ1) is 9.20. The lowest BCUT2D eigenvalue weighted by atomic mass is 10.2. The molecule has 0 bridgehead atoms. The molecule has 0 saturated carbocycles. The summed E-state index contributed by atoms with van der Waals surface area (Å²) in [6, 6.07) is 5.71. The number of hydrogen-bond acceptors (Lipinski definition) is 5. The Morgan fingerprint density at radius 3 is 2.95 bits per heavy atom. The van der Waals surface area contributed by atoms with Crippen molar-refractivity contribution in [2.24, 2.45) is 0 Å². The van der Waals surface area contributed by atoms with Gasteiger partial charge in [-0.05, 0) is 24.3 Å². The van der Waals surface area contributed by atoms with E-state index in [9.17, 15) is 9.18 Å². The molecular formula is C13H12FN3O2. The van der Waals surface area contributed by atoms with Gasteiger partial charge in [0.2, 0.25) is 0 Å². The minimum absolute atomic E-state index is 0.224. The average Bonchev–Trinajstić information content (AvgIpc) is 2.46. The van der Waals surface area contributed by atoms with E-state index in [0.717, 1.165) is 5.69 Å². The number of methoxy groups -OCH3 is 1. The molecule has 98 valence electrons. The lowest BCUT2D eigenvalue weighted by Crippen LogP contribution is -2.06. The molecule has 0 spiro atoms. The van der Waals surface area contributed by atoms with Gasteiger partial charge in [-0.15, -0.1) is 0 Å². The van der Waals surface area contributed by atoms with Crippen LogP contribution in [0.5, 0.6) is 0 Å². The summed E-state index contributed by atoms with van der Waals surface area (Å²) >= 11 is 0. The smallest absolute Gasteiger partial charge is 0.337 e. The molecule has 2 rings (SSSR count). The Morgan fingerprint density at radius 2 is 2.26 bits per heavy atom. The molecule has 19 heavy (non-hydrogen) atoms. The van der Waals surface area contributed by atoms with Gasteiger partial charge in [0.1, 0.15) is 12.1 Å². The molecular weight excluding hydrogens is 249 g/mol. The quantitative estimate of drug-likeness (QED) is 0.853. The summed E-state index contributed by atoms with van der Waals surface area (Å²) in [5.74, 6) is -0.952. The fraction of sp³-hybridized carbons (Fsp3) is 0.154. The summed E-state index contributed by atoms with van der Waals surface area (Å²) < 4.78 is 18.2. The molecule has 0 atom stereocenters. The number of hydrogen-bond donors (Lipinski definition) is 1. The van der Waals surface area contributed by atoms with Crippen LogP contribution in [0, 0.1) is 5.82 Å². The molecule has 1 aromatic carbocycles. The van der Waals surface area contributed by atoms with Crippen LogP contribution in [0.4, 0.5) is 10.1 Å². The van der Waals surface area contributed by atoms with Crippen molar-refractivity contribution in [3.05, 3.63) is 53.9 Å². The monoisotopic (exact) mass is 261 g/mol. The fourth-order valence-corrected chi connectivity index (χ4v) is 1.51. The van der Waals surface area contributed by atoms with Crippen LogP contribution in [-0.2, 0) is 11.3 Å². The Bertz CT molecular complexity index is 575. The number of benzene rings is 1. The number of carbonyl (C=O) groups is 1. The van der Waals surface area contributed by atoms with Gasteiger partial charge in [0.25, 0.3) is 0 Å². The molecule has 6 heteroatoms. The predicted molar refractivity (Wildman–Crippen MR) is 67.1 cm³/mol. The van der Waals surface area contributed by atoms with Crippen molar-refractivity contribution >= 4 is 11.7 Å². The molecule has 0 aliphatic rings. The van der Waals surface area contributed by atoms with Crippen molar-refractivity contribution in [1.82, 2.24) is 9.97 Å². The van der Waals surface area contributed by atoms with Crippen LogP contribution in [0.1, 0.15) is 16.1 Å².